The molecule has 0 unspecified atom stereocenters. The lowest BCUT2D eigenvalue weighted by Crippen LogP contribution is -2.21. The van der Waals surface area contributed by atoms with Gasteiger partial charge in [-0.3, -0.25) is 9.59 Å². The molecule has 3 heteroatoms. The fraction of sp³-hybridized carbons (Fsp3) is 0.263. The predicted octanol–water partition coefficient (Wildman–Crippen LogP) is 4.74. The summed E-state index contributed by atoms with van der Waals surface area (Å²) in [6.45, 7) is 2.17. The maximum absolute atomic E-state index is 12.8. The van der Waals surface area contributed by atoms with Gasteiger partial charge in [0.25, 0.3) is 0 Å². The van der Waals surface area contributed by atoms with E-state index in [1.165, 1.54) is 12.8 Å². The second kappa shape index (κ2) is 6.49. The van der Waals surface area contributed by atoms with E-state index in [9.17, 15) is 9.59 Å². The molecule has 0 aromatic heterocycles. The number of carbonyl (C=O) groups excluding carboxylic acids is 2. The number of benzene rings is 2. The Hall–Kier alpha value is -1.87. The molecule has 2 nitrogen and oxygen atoms in total. The molecular weight excluding hydrogens is 292 g/mol. The van der Waals surface area contributed by atoms with Gasteiger partial charge in [0.05, 0.1) is 0 Å². The van der Waals surface area contributed by atoms with E-state index in [4.69, 9.17) is 0 Å². The molecule has 22 heavy (non-hydrogen) atoms. The van der Waals surface area contributed by atoms with Gasteiger partial charge >= 0.3 is 0 Å². The largest absolute Gasteiger partial charge is 0.289 e. The van der Waals surface area contributed by atoms with Gasteiger partial charge in [-0.1, -0.05) is 56.2 Å². The summed E-state index contributed by atoms with van der Waals surface area (Å²) in [6.07, 6.45) is 3.50. The Kier molecular flexibility index (Phi) is 4.44. The predicted molar refractivity (Wildman–Crippen MR) is 90.0 cm³/mol. The van der Waals surface area contributed by atoms with E-state index in [0.717, 1.165) is 17.1 Å². The molecule has 0 atom stereocenters. The monoisotopic (exact) mass is 310 g/mol. The Morgan fingerprint density at radius 3 is 2.23 bits per heavy atom. The Bertz CT molecular complexity index is 734. The number of hydrogen-bond donors (Lipinski definition) is 0. The molecule has 0 bridgehead atoms. The van der Waals surface area contributed by atoms with Crippen LogP contribution in [0.4, 0.5) is 0 Å². The fourth-order valence-electron chi connectivity index (χ4n) is 2.77. The van der Waals surface area contributed by atoms with E-state index in [1.807, 2.05) is 18.2 Å². The van der Waals surface area contributed by atoms with E-state index < -0.39 is 0 Å². The summed E-state index contributed by atoms with van der Waals surface area (Å²) in [5, 5.41) is 0. The third-order valence-corrected chi connectivity index (χ3v) is 5.06. The zero-order chi connectivity index (χ0) is 15.5. The zero-order valence-electron chi connectivity index (χ0n) is 12.6. The van der Waals surface area contributed by atoms with Gasteiger partial charge in [-0.25, -0.2) is 0 Å². The first-order valence-electron chi connectivity index (χ1n) is 7.68. The van der Waals surface area contributed by atoms with Gasteiger partial charge in [-0.15, -0.1) is 11.8 Å². The lowest BCUT2D eigenvalue weighted by molar-refractivity contribution is 0.0977. The summed E-state index contributed by atoms with van der Waals surface area (Å²) in [7, 11) is 0. The Balaban J connectivity index is 1.98. The maximum Gasteiger partial charge on any atom is 0.195 e. The zero-order valence-corrected chi connectivity index (χ0v) is 13.4. The molecular formula is C19H18O2S. The summed E-state index contributed by atoms with van der Waals surface area (Å²) < 4.78 is 0. The summed E-state index contributed by atoms with van der Waals surface area (Å²) in [6, 6.07) is 12.7. The molecule has 3 rings (SSSR count). The molecule has 0 spiro atoms. The number of rotatable bonds is 5. The van der Waals surface area contributed by atoms with Crippen molar-refractivity contribution in [1.82, 2.24) is 0 Å². The third-order valence-electron chi connectivity index (χ3n) is 3.92. The minimum Gasteiger partial charge on any atom is -0.289 e. The van der Waals surface area contributed by atoms with Crippen LogP contribution in [0.15, 0.2) is 47.4 Å². The first-order valence-corrected chi connectivity index (χ1v) is 8.67. The lowest BCUT2D eigenvalue weighted by Gasteiger charge is -2.19. The smallest absolute Gasteiger partial charge is 0.195 e. The van der Waals surface area contributed by atoms with Crippen molar-refractivity contribution >= 4 is 23.3 Å². The van der Waals surface area contributed by atoms with Crippen LogP contribution < -0.4 is 0 Å². The quantitative estimate of drug-likeness (QED) is 0.504. The number of unbranched alkanes of at least 4 members (excludes halogenated alkanes) is 2. The highest BCUT2D eigenvalue weighted by molar-refractivity contribution is 7.99. The highest BCUT2D eigenvalue weighted by Gasteiger charge is 2.31. The highest BCUT2D eigenvalue weighted by atomic mass is 32.2. The number of hydrogen-bond acceptors (Lipinski definition) is 3. The summed E-state index contributed by atoms with van der Waals surface area (Å²) in [5.74, 6) is 0.915. The summed E-state index contributed by atoms with van der Waals surface area (Å²) in [5.41, 5.74) is 2.19. The van der Waals surface area contributed by atoms with Gasteiger partial charge in [-0.05, 0) is 18.2 Å². The number of fused-ring (bicyclic) bond motifs is 2. The first-order chi connectivity index (χ1) is 10.7. The minimum atomic E-state index is -0.0405. The van der Waals surface area contributed by atoms with Gasteiger partial charge in [0.1, 0.15) is 0 Å². The molecule has 2 aromatic carbocycles. The molecule has 0 N–H and O–H groups in total. The van der Waals surface area contributed by atoms with Crippen LogP contribution in [-0.2, 0) is 0 Å². The van der Waals surface area contributed by atoms with Crippen molar-refractivity contribution < 1.29 is 9.59 Å². The van der Waals surface area contributed by atoms with Gasteiger partial charge < -0.3 is 0 Å². The Labute approximate surface area is 134 Å². The molecule has 2 aromatic rings. The van der Waals surface area contributed by atoms with E-state index >= 15 is 0 Å². The van der Waals surface area contributed by atoms with Gasteiger partial charge in [0.15, 0.2) is 11.6 Å². The molecule has 0 heterocycles. The normalized spacial score (nSPS) is 13.0. The van der Waals surface area contributed by atoms with E-state index in [-0.39, 0.29) is 11.6 Å². The molecule has 0 saturated carbocycles. The van der Waals surface area contributed by atoms with Crippen molar-refractivity contribution in [2.24, 2.45) is 0 Å². The third kappa shape index (κ3) is 2.61. The molecule has 0 fully saturated rings. The molecule has 1 aliphatic carbocycles. The van der Waals surface area contributed by atoms with E-state index in [2.05, 4.69) is 6.92 Å². The second-order valence-electron chi connectivity index (χ2n) is 5.44. The molecule has 0 radical (unpaired) electrons. The van der Waals surface area contributed by atoms with Crippen molar-refractivity contribution in [2.45, 2.75) is 31.1 Å². The second-order valence-corrected chi connectivity index (χ2v) is 6.57. The lowest BCUT2D eigenvalue weighted by atomic mass is 9.84. The Morgan fingerprint density at radius 1 is 0.818 bits per heavy atom. The SMILES string of the molecule is CCCCCSc1cccc2c1C(=O)c1ccccc1C2=O. The van der Waals surface area contributed by atoms with Crippen molar-refractivity contribution in [3.8, 4) is 0 Å². The van der Waals surface area contributed by atoms with Crippen LogP contribution in [0.5, 0.6) is 0 Å². The molecule has 0 amide bonds. The van der Waals surface area contributed by atoms with Crippen LogP contribution in [0, 0.1) is 0 Å². The number of ketones is 2. The summed E-state index contributed by atoms with van der Waals surface area (Å²) >= 11 is 1.68. The number of thioether (sulfide) groups is 1. The molecule has 112 valence electrons. The van der Waals surface area contributed by atoms with Gasteiger partial charge in [0, 0.05) is 27.1 Å². The van der Waals surface area contributed by atoms with Crippen LogP contribution >= 0.6 is 11.8 Å². The summed E-state index contributed by atoms with van der Waals surface area (Å²) in [4.78, 5) is 26.4. The average Bonchev–Trinajstić information content (AvgIpc) is 2.56. The van der Waals surface area contributed by atoms with Crippen molar-refractivity contribution in [3.05, 3.63) is 64.7 Å². The Morgan fingerprint density at radius 2 is 1.50 bits per heavy atom. The molecule has 1 aliphatic rings. The minimum absolute atomic E-state index is 0.0243. The molecule has 0 aliphatic heterocycles. The van der Waals surface area contributed by atoms with Crippen molar-refractivity contribution in [3.63, 3.8) is 0 Å². The first kappa shape index (κ1) is 15.0. The topological polar surface area (TPSA) is 34.1 Å². The van der Waals surface area contributed by atoms with Crippen molar-refractivity contribution in [1.29, 1.82) is 0 Å². The number of carbonyl (C=O) groups is 2. The van der Waals surface area contributed by atoms with Crippen molar-refractivity contribution in [2.75, 3.05) is 5.75 Å². The maximum atomic E-state index is 12.8. The van der Waals surface area contributed by atoms with Crippen LogP contribution in [-0.4, -0.2) is 17.3 Å². The van der Waals surface area contributed by atoms with E-state index in [0.29, 0.717) is 22.3 Å². The van der Waals surface area contributed by atoms with E-state index in [1.54, 1.807) is 36.0 Å². The van der Waals surface area contributed by atoms with Crippen LogP contribution in [0.3, 0.4) is 0 Å². The fourth-order valence-corrected chi connectivity index (χ4v) is 3.86. The standard InChI is InChI=1S/C19H18O2S/c1-2-3-6-12-22-16-11-7-10-15-17(16)19(21)14-9-5-4-8-13(14)18(15)20/h4-5,7-11H,2-3,6,12H2,1H3. The van der Waals surface area contributed by atoms with Crippen LogP contribution in [0.25, 0.3) is 0 Å². The molecule has 0 saturated heterocycles. The highest BCUT2D eigenvalue weighted by Crippen LogP contribution is 2.34. The average molecular weight is 310 g/mol. The van der Waals surface area contributed by atoms with Crippen LogP contribution in [0.1, 0.15) is 58.0 Å². The van der Waals surface area contributed by atoms with Gasteiger partial charge in [-0.2, -0.15) is 0 Å². The van der Waals surface area contributed by atoms with Crippen LogP contribution in [0.2, 0.25) is 0 Å². The van der Waals surface area contributed by atoms with Gasteiger partial charge in [0.2, 0.25) is 0 Å².